The van der Waals surface area contributed by atoms with Gasteiger partial charge in [0.2, 0.25) is 11.7 Å². The highest BCUT2D eigenvalue weighted by molar-refractivity contribution is 5.79. The number of piperidine rings is 1. The van der Waals surface area contributed by atoms with Crippen LogP contribution >= 0.6 is 0 Å². The number of benzene rings is 1. The fourth-order valence-electron chi connectivity index (χ4n) is 4.15. The van der Waals surface area contributed by atoms with Crippen LogP contribution in [0.2, 0.25) is 0 Å². The first-order valence-corrected chi connectivity index (χ1v) is 12.0. The summed E-state index contributed by atoms with van der Waals surface area (Å²) in [4.78, 5) is 24.0. The Morgan fingerprint density at radius 1 is 1.24 bits per heavy atom. The molecule has 0 atom stereocenters. The summed E-state index contributed by atoms with van der Waals surface area (Å²) in [6.45, 7) is 8.88. The monoisotopic (exact) mass is 463 g/mol. The number of anilines is 1. The highest BCUT2D eigenvalue weighted by atomic mass is 16.5. The molecule has 1 amide bonds. The quantitative estimate of drug-likeness (QED) is 0.474. The first-order chi connectivity index (χ1) is 16.5. The SMILES string of the molecule is Cc1cccc(-c2noc(-c3cccnc3N3CCC(C(=O)NCCCOC(C)C)CC3)n2)c1. The number of aromatic nitrogens is 3. The van der Waals surface area contributed by atoms with Gasteiger partial charge in [-0.3, -0.25) is 4.79 Å². The van der Waals surface area contributed by atoms with Crippen molar-refractivity contribution in [1.29, 1.82) is 0 Å². The van der Waals surface area contributed by atoms with Crippen molar-refractivity contribution in [1.82, 2.24) is 20.4 Å². The van der Waals surface area contributed by atoms with Crippen molar-refractivity contribution in [3.63, 3.8) is 0 Å². The van der Waals surface area contributed by atoms with Crippen LogP contribution in [0, 0.1) is 12.8 Å². The van der Waals surface area contributed by atoms with Gasteiger partial charge in [-0.05, 0) is 58.2 Å². The van der Waals surface area contributed by atoms with Gasteiger partial charge >= 0.3 is 0 Å². The molecule has 1 saturated heterocycles. The van der Waals surface area contributed by atoms with Gasteiger partial charge in [0.15, 0.2) is 0 Å². The molecule has 1 aliphatic rings. The topological polar surface area (TPSA) is 93.4 Å². The molecule has 0 bridgehead atoms. The summed E-state index contributed by atoms with van der Waals surface area (Å²) in [5, 5.41) is 7.24. The second-order valence-electron chi connectivity index (χ2n) is 8.99. The van der Waals surface area contributed by atoms with E-state index >= 15 is 0 Å². The molecule has 8 heteroatoms. The average Bonchev–Trinajstić information content (AvgIpc) is 3.34. The molecule has 4 rings (SSSR count). The smallest absolute Gasteiger partial charge is 0.261 e. The van der Waals surface area contributed by atoms with Crippen molar-refractivity contribution in [3.8, 4) is 22.8 Å². The lowest BCUT2D eigenvalue weighted by Gasteiger charge is -2.32. The Bertz CT molecular complexity index is 1090. The third kappa shape index (κ3) is 5.99. The van der Waals surface area contributed by atoms with Crippen LogP contribution in [-0.2, 0) is 9.53 Å². The molecule has 0 unspecified atom stereocenters. The van der Waals surface area contributed by atoms with Crippen LogP contribution in [0.5, 0.6) is 0 Å². The van der Waals surface area contributed by atoms with E-state index in [4.69, 9.17) is 9.26 Å². The molecule has 3 heterocycles. The Hall–Kier alpha value is -3.26. The van der Waals surface area contributed by atoms with E-state index in [0.29, 0.717) is 24.9 Å². The van der Waals surface area contributed by atoms with Gasteiger partial charge in [-0.1, -0.05) is 28.9 Å². The second kappa shape index (κ2) is 11.2. The number of nitrogens with one attached hydrogen (secondary N) is 1. The first-order valence-electron chi connectivity index (χ1n) is 12.0. The highest BCUT2D eigenvalue weighted by Crippen LogP contribution is 2.32. The Balaban J connectivity index is 1.37. The van der Waals surface area contributed by atoms with Crippen molar-refractivity contribution in [3.05, 3.63) is 48.2 Å². The number of carbonyl (C=O) groups excluding carboxylic acids is 1. The lowest BCUT2D eigenvalue weighted by atomic mass is 9.95. The van der Waals surface area contributed by atoms with Gasteiger partial charge in [0.1, 0.15) is 5.82 Å². The summed E-state index contributed by atoms with van der Waals surface area (Å²) in [7, 11) is 0. The summed E-state index contributed by atoms with van der Waals surface area (Å²) < 4.78 is 11.1. The van der Waals surface area contributed by atoms with E-state index in [9.17, 15) is 4.79 Å². The molecule has 8 nitrogen and oxygen atoms in total. The standard InChI is InChI=1S/C26H33N5O3/c1-18(2)33-16-6-13-28-25(32)20-10-14-31(15-11-20)24-22(9-5-12-27-24)26-29-23(30-34-26)21-8-4-7-19(3)17-21/h4-5,7-9,12,17-18,20H,6,10-11,13-16H2,1-3H3,(H,28,32). The fraction of sp³-hybridized carbons (Fsp3) is 0.462. The van der Waals surface area contributed by atoms with E-state index in [0.717, 1.165) is 54.9 Å². The lowest BCUT2D eigenvalue weighted by Crippen LogP contribution is -2.41. The average molecular weight is 464 g/mol. The van der Waals surface area contributed by atoms with Gasteiger partial charge in [-0.15, -0.1) is 0 Å². The van der Waals surface area contributed by atoms with Crippen LogP contribution in [0.1, 0.15) is 38.7 Å². The van der Waals surface area contributed by atoms with Crippen molar-refractivity contribution in [2.75, 3.05) is 31.1 Å². The van der Waals surface area contributed by atoms with Crippen LogP contribution in [0.4, 0.5) is 5.82 Å². The van der Waals surface area contributed by atoms with Crippen molar-refractivity contribution < 1.29 is 14.1 Å². The number of aryl methyl sites for hydroxylation is 1. The molecule has 180 valence electrons. The molecule has 1 N–H and O–H groups in total. The molecule has 34 heavy (non-hydrogen) atoms. The minimum Gasteiger partial charge on any atom is -0.379 e. The van der Waals surface area contributed by atoms with Crippen molar-refractivity contribution >= 4 is 11.7 Å². The van der Waals surface area contributed by atoms with Gasteiger partial charge in [-0.25, -0.2) is 4.98 Å². The number of carbonyl (C=O) groups is 1. The normalized spacial score (nSPS) is 14.5. The zero-order valence-electron chi connectivity index (χ0n) is 20.2. The minimum atomic E-state index is 0.0192. The van der Waals surface area contributed by atoms with Crippen LogP contribution in [0.25, 0.3) is 22.8 Å². The zero-order valence-corrected chi connectivity index (χ0v) is 20.2. The predicted molar refractivity (Wildman–Crippen MR) is 131 cm³/mol. The number of ether oxygens (including phenoxy) is 1. The van der Waals surface area contributed by atoms with E-state index in [-0.39, 0.29) is 17.9 Å². The molecule has 1 fully saturated rings. The largest absolute Gasteiger partial charge is 0.379 e. The summed E-state index contributed by atoms with van der Waals surface area (Å²) in [5.41, 5.74) is 2.87. The number of hydrogen-bond donors (Lipinski definition) is 1. The van der Waals surface area contributed by atoms with Gasteiger partial charge in [0.25, 0.3) is 5.89 Å². The summed E-state index contributed by atoms with van der Waals surface area (Å²) in [5.74, 6) is 1.97. The first kappa shape index (κ1) is 23.9. The van der Waals surface area contributed by atoms with Crippen LogP contribution in [0.3, 0.4) is 0 Å². The second-order valence-corrected chi connectivity index (χ2v) is 8.99. The Kier molecular flexibility index (Phi) is 7.90. The summed E-state index contributed by atoms with van der Waals surface area (Å²) in [6.07, 6.45) is 4.38. The number of nitrogens with zero attached hydrogens (tertiary/aromatic N) is 4. The molecule has 1 aromatic carbocycles. The molecule has 0 aliphatic carbocycles. The highest BCUT2D eigenvalue weighted by Gasteiger charge is 2.27. The lowest BCUT2D eigenvalue weighted by molar-refractivity contribution is -0.125. The maximum atomic E-state index is 12.6. The number of hydrogen-bond acceptors (Lipinski definition) is 7. The molecular weight excluding hydrogens is 430 g/mol. The van der Waals surface area contributed by atoms with Crippen molar-refractivity contribution in [2.45, 2.75) is 46.1 Å². The molecule has 2 aromatic heterocycles. The third-order valence-electron chi connectivity index (χ3n) is 5.96. The van der Waals surface area contributed by atoms with E-state index < -0.39 is 0 Å². The van der Waals surface area contributed by atoms with Gasteiger partial charge in [-0.2, -0.15) is 4.98 Å². The molecule has 0 radical (unpaired) electrons. The van der Waals surface area contributed by atoms with Gasteiger partial charge in [0.05, 0.1) is 11.7 Å². The summed E-state index contributed by atoms with van der Waals surface area (Å²) in [6, 6.07) is 11.8. The maximum absolute atomic E-state index is 12.6. The predicted octanol–water partition coefficient (Wildman–Crippen LogP) is 4.25. The van der Waals surface area contributed by atoms with Gasteiger partial charge in [0, 0.05) is 43.9 Å². The van der Waals surface area contributed by atoms with Gasteiger partial charge < -0.3 is 19.5 Å². The number of rotatable bonds is 9. The van der Waals surface area contributed by atoms with E-state index in [1.807, 2.05) is 57.2 Å². The molecule has 3 aromatic rings. The van der Waals surface area contributed by atoms with Crippen molar-refractivity contribution in [2.24, 2.45) is 5.92 Å². The Labute approximate surface area is 200 Å². The molecular formula is C26H33N5O3. The Morgan fingerprint density at radius 3 is 2.82 bits per heavy atom. The molecule has 1 aliphatic heterocycles. The molecule has 0 spiro atoms. The number of pyridine rings is 1. The van der Waals surface area contributed by atoms with E-state index in [1.54, 1.807) is 6.20 Å². The van der Waals surface area contributed by atoms with Crippen LogP contribution in [-0.4, -0.2) is 53.4 Å². The number of amides is 1. The third-order valence-corrected chi connectivity index (χ3v) is 5.96. The zero-order chi connectivity index (χ0) is 23.9. The minimum absolute atomic E-state index is 0.0192. The van der Waals surface area contributed by atoms with Crippen LogP contribution in [0.15, 0.2) is 47.1 Å². The maximum Gasteiger partial charge on any atom is 0.261 e. The molecule has 0 saturated carbocycles. The van der Waals surface area contributed by atoms with E-state index in [2.05, 4.69) is 25.3 Å². The summed E-state index contributed by atoms with van der Waals surface area (Å²) >= 11 is 0. The fourth-order valence-corrected chi connectivity index (χ4v) is 4.15. The van der Waals surface area contributed by atoms with E-state index in [1.165, 1.54) is 0 Å². The van der Waals surface area contributed by atoms with Crippen LogP contribution < -0.4 is 10.2 Å². The Morgan fingerprint density at radius 2 is 2.06 bits per heavy atom.